The molecule has 0 spiro atoms. The van der Waals surface area contributed by atoms with Gasteiger partial charge < -0.3 is 10.1 Å². The Labute approximate surface area is 183 Å². The SMILES string of the molecule is CCOc1ccc(N([C@@H](CC)C(=O)NCc2ccc3ccccc3c2)S(C)(=O)=O)cc1. The monoisotopic (exact) mass is 440 g/mol. The number of rotatable bonds is 9. The van der Waals surface area contributed by atoms with Crippen LogP contribution in [0.1, 0.15) is 25.8 Å². The molecule has 0 saturated carbocycles. The predicted molar refractivity (Wildman–Crippen MR) is 125 cm³/mol. The number of carbonyl (C=O) groups is 1. The molecule has 1 atom stereocenters. The minimum Gasteiger partial charge on any atom is -0.494 e. The van der Waals surface area contributed by atoms with Gasteiger partial charge in [0, 0.05) is 6.54 Å². The number of nitrogens with one attached hydrogen (secondary N) is 1. The van der Waals surface area contributed by atoms with Crippen LogP contribution in [0.25, 0.3) is 10.8 Å². The molecule has 0 aliphatic rings. The van der Waals surface area contributed by atoms with Crippen molar-refractivity contribution in [3.05, 3.63) is 72.3 Å². The van der Waals surface area contributed by atoms with E-state index in [0.717, 1.165) is 22.6 Å². The zero-order valence-corrected chi connectivity index (χ0v) is 18.9. The Bertz CT molecular complexity index is 1140. The molecule has 31 heavy (non-hydrogen) atoms. The Morgan fingerprint density at radius 2 is 1.68 bits per heavy atom. The van der Waals surface area contributed by atoms with Gasteiger partial charge in [-0.15, -0.1) is 0 Å². The molecule has 164 valence electrons. The lowest BCUT2D eigenvalue weighted by Crippen LogP contribution is -2.49. The van der Waals surface area contributed by atoms with E-state index in [1.54, 1.807) is 31.2 Å². The van der Waals surface area contributed by atoms with Crippen molar-refractivity contribution in [2.75, 3.05) is 17.2 Å². The van der Waals surface area contributed by atoms with Crippen molar-refractivity contribution in [2.24, 2.45) is 0 Å². The van der Waals surface area contributed by atoms with Crippen LogP contribution in [-0.4, -0.2) is 33.2 Å². The van der Waals surface area contributed by atoms with Gasteiger partial charge in [-0.25, -0.2) is 8.42 Å². The summed E-state index contributed by atoms with van der Waals surface area (Å²) < 4.78 is 31.8. The Kier molecular flexibility index (Phi) is 7.17. The molecule has 3 aromatic carbocycles. The number of amides is 1. The molecule has 0 aromatic heterocycles. The molecule has 7 heteroatoms. The van der Waals surface area contributed by atoms with E-state index in [4.69, 9.17) is 4.74 Å². The summed E-state index contributed by atoms with van der Waals surface area (Å²) in [5.74, 6) is 0.309. The molecular weight excluding hydrogens is 412 g/mol. The standard InChI is InChI=1S/C24H28N2O4S/c1-4-23(26(31(3,28)29)21-12-14-22(15-13-21)30-5-2)24(27)25-17-18-10-11-19-8-6-7-9-20(19)16-18/h6-16,23H,4-5,17H2,1-3H3,(H,25,27)/t23-/m0/s1. The minimum absolute atomic E-state index is 0.320. The molecule has 0 radical (unpaired) electrons. The lowest BCUT2D eigenvalue weighted by Gasteiger charge is -2.30. The summed E-state index contributed by atoms with van der Waals surface area (Å²) in [4.78, 5) is 13.0. The van der Waals surface area contributed by atoms with Crippen molar-refractivity contribution >= 4 is 32.4 Å². The molecule has 0 bridgehead atoms. The lowest BCUT2D eigenvalue weighted by molar-refractivity contribution is -0.122. The van der Waals surface area contributed by atoms with Crippen LogP contribution >= 0.6 is 0 Å². The molecule has 0 heterocycles. The zero-order chi connectivity index (χ0) is 22.4. The number of sulfonamides is 1. The van der Waals surface area contributed by atoms with E-state index in [1.807, 2.05) is 49.4 Å². The molecule has 1 N–H and O–H groups in total. The van der Waals surface area contributed by atoms with Crippen molar-refractivity contribution in [3.63, 3.8) is 0 Å². The first-order chi connectivity index (χ1) is 14.8. The van der Waals surface area contributed by atoms with Crippen LogP contribution in [0.4, 0.5) is 5.69 Å². The number of benzene rings is 3. The zero-order valence-electron chi connectivity index (χ0n) is 18.0. The third-order valence-corrected chi connectivity index (χ3v) is 6.19. The Morgan fingerprint density at radius 3 is 2.29 bits per heavy atom. The van der Waals surface area contributed by atoms with Gasteiger partial charge in [-0.05, 0) is 60.0 Å². The van der Waals surface area contributed by atoms with Crippen LogP contribution in [0, 0.1) is 0 Å². The van der Waals surface area contributed by atoms with Gasteiger partial charge in [0.1, 0.15) is 11.8 Å². The van der Waals surface area contributed by atoms with Crippen LogP contribution in [0.2, 0.25) is 0 Å². The van der Waals surface area contributed by atoms with E-state index < -0.39 is 16.1 Å². The van der Waals surface area contributed by atoms with E-state index in [1.165, 1.54) is 4.31 Å². The topological polar surface area (TPSA) is 75.7 Å². The third-order valence-electron chi connectivity index (χ3n) is 5.01. The highest BCUT2D eigenvalue weighted by atomic mass is 32.2. The molecule has 1 amide bonds. The Balaban J connectivity index is 1.79. The van der Waals surface area contributed by atoms with Gasteiger partial charge in [0.05, 0.1) is 18.6 Å². The van der Waals surface area contributed by atoms with Crippen LogP contribution in [0.15, 0.2) is 66.7 Å². The van der Waals surface area contributed by atoms with E-state index in [-0.39, 0.29) is 5.91 Å². The fourth-order valence-corrected chi connectivity index (χ4v) is 4.78. The number of nitrogens with zero attached hydrogens (tertiary/aromatic N) is 1. The first kappa shape index (κ1) is 22.6. The smallest absolute Gasteiger partial charge is 0.244 e. The van der Waals surface area contributed by atoms with Crippen molar-refractivity contribution in [3.8, 4) is 5.75 Å². The van der Waals surface area contributed by atoms with Crippen molar-refractivity contribution in [2.45, 2.75) is 32.9 Å². The Morgan fingerprint density at radius 1 is 1.00 bits per heavy atom. The highest BCUT2D eigenvalue weighted by molar-refractivity contribution is 7.92. The summed E-state index contributed by atoms with van der Waals surface area (Å²) in [5, 5.41) is 5.12. The molecule has 0 unspecified atom stereocenters. The molecule has 3 rings (SSSR count). The lowest BCUT2D eigenvalue weighted by atomic mass is 10.1. The first-order valence-electron chi connectivity index (χ1n) is 10.3. The Hall–Kier alpha value is -3.06. The van der Waals surface area contributed by atoms with E-state index in [0.29, 0.717) is 31.0 Å². The van der Waals surface area contributed by atoms with E-state index in [9.17, 15) is 13.2 Å². The van der Waals surface area contributed by atoms with Gasteiger partial charge >= 0.3 is 0 Å². The molecule has 6 nitrogen and oxygen atoms in total. The minimum atomic E-state index is -3.68. The first-order valence-corrected chi connectivity index (χ1v) is 12.2. The molecular formula is C24H28N2O4S. The van der Waals surface area contributed by atoms with Gasteiger partial charge in [-0.3, -0.25) is 9.10 Å². The summed E-state index contributed by atoms with van der Waals surface area (Å²) >= 11 is 0. The summed E-state index contributed by atoms with van der Waals surface area (Å²) in [6.45, 7) is 4.52. The highest BCUT2D eigenvalue weighted by Crippen LogP contribution is 2.25. The van der Waals surface area contributed by atoms with Crippen molar-refractivity contribution in [1.29, 1.82) is 0 Å². The van der Waals surface area contributed by atoms with E-state index >= 15 is 0 Å². The van der Waals surface area contributed by atoms with Gasteiger partial charge in [0.25, 0.3) is 0 Å². The number of hydrogen-bond acceptors (Lipinski definition) is 4. The van der Waals surface area contributed by atoms with Gasteiger partial charge in [0.2, 0.25) is 15.9 Å². The summed E-state index contributed by atoms with van der Waals surface area (Å²) in [5.41, 5.74) is 1.38. The average molecular weight is 441 g/mol. The normalized spacial score (nSPS) is 12.4. The van der Waals surface area contributed by atoms with Gasteiger partial charge in [0.15, 0.2) is 0 Å². The summed E-state index contributed by atoms with van der Waals surface area (Å²) in [7, 11) is -3.68. The molecule has 0 saturated heterocycles. The maximum absolute atomic E-state index is 13.0. The number of anilines is 1. The van der Waals surface area contributed by atoms with Crippen molar-refractivity contribution in [1.82, 2.24) is 5.32 Å². The second kappa shape index (κ2) is 9.83. The quantitative estimate of drug-likeness (QED) is 0.544. The van der Waals surface area contributed by atoms with Crippen LogP contribution in [-0.2, 0) is 21.4 Å². The summed E-state index contributed by atoms with van der Waals surface area (Å²) in [6, 6.07) is 19.9. The highest BCUT2D eigenvalue weighted by Gasteiger charge is 2.31. The van der Waals surface area contributed by atoms with E-state index in [2.05, 4.69) is 5.32 Å². The van der Waals surface area contributed by atoms with Crippen LogP contribution in [0.3, 0.4) is 0 Å². The predicted octanol–water partition coefficient (Wildman–Crippen LogP) is 4.10. The fourth-order valence-electron chi connectivity index (χ4n) is 3.57. The maximum atomic E-state index is 13.0. The number of carbonyl (C=O) groups excluding carboxylic acids is 1. The second-order valence-corrected chi connectivity index (χ2v) is 9.17. The molecule has 3 aromatic rings. The number of fused-ring (bicyclic) bond motifs is 1. The molecule has 0 fully saturated rings. The number of hydrogen-bond donors (Lipinski definition) is 1. The maximum Gasteiger partial charge on any atom is 0.244 e. The molecule has 0 aliphatic carbocycles. The third kappa shape index (κ3) is 5.55. The van der Waals surface area contributed by atoms with Crippen molar-refractivity contribution < 1.29 is 17.9 Å². The fraction of sp³-hybridized carbons (Fsp3) is 0.292. The van der Waals surface area contributed by atoms with Gasteiger partial charge in [-0.2, -0.15) is 0 Å². The number of ether oxygens (including phenoxy) is 1. The van der Waals surface area contributed by atoms with Crippen LogP contribution in [0.5, 0.6) is 5.75 Å². The largest absolute Gasteiger partial charge is 0.494 e. The van der Waals surface area contributed by atoms with Crippen LogP contribution < -0.4 is 14.4 Å². The summed E-state index contributed by atoms with van der Waals surface area (Å²) in [6.07, 6.45) is 1.45. The molecule has 0 aliphatic heterocycles. The average Bonchev–Trinajstić information content (AvgIpc) is 2.75. The van der Waals surface area contributed by atoms with Gasteiger partial charge in [-0.1, -0.05) is 43.3 Å². The second-order valence-electron chi connectivity index (χ2n) is 7.31.